The van der Waals surface area contributed by atoms with Crippen molar-refractivity contribution in [2.24, 2.45) is 5.73 Å². The fraction of sp³-hybridized carbons (Fsp3) is 0.670. The minimum atomic E-state index is -4.42. The molecule has 10 heteroatoms. The molecule has 9 nitrogen and oxygen atoms in total. The summed E-state index contributed by atoms with van der Waals surface area (Å²) in [7, 11) is -4.42. The van der Waals surface area contributed by atoms with E-state index in [1.165, 1.54) is 199 Å². The lowest BCUT2D eigenvalue weighted by Gasteiger charge is -2.19. The van der Waals surface area contributed by atoms with Crippen molar-refractivity contribution in [1.82, 2.24) is 0 Å². The summed E-state index contributed by atoms with van der Waals surface area (Å²) in [4.78, 5) is 35.5. The summed E-state index contributed by atoms with van der Waals surface area (Å²) in [5.41, 5.74) is 5.41. The van der Waals surface area contributed by atoms with E-state index in [0.29, 0.717) is 6.42 Å². The Balaban J connectivity index is 3.90. The van der Waals surface area contributed by atoms with E-state index in [9.17, 15) is 19.0 Å². The van der Waals surface area contributed by atoms with Crippen LogP contribution in [0.25, 0.3) is 0 Å². The molecule has 0 aromatic carbocycles. The molecule has 0 aromatic heterocycles. The molecule has 2 atom stereocenters. The predicted octanol–water partition coefficient (Wildman–Crippen LogP) is 28.4. The molecule has 0 amide bonds. The lowest BCUT2D eigenvalue weighted by Crippen LogP contribution is -2.29. The fourth-order valence-electron chi connectivity index (χ4n) is 11.5. The van der Waals surface area contributed by atoms with Crippen molar-refractivity contribution in [1.29, 1.82) is 0 Å². The van der Waals surface area contributed by atoms with E-state index >= 15 is 0 Å². The molecule has 0 aliphatic heterocycles. The van der Waals surface area contributed by atoms with Crippen molar-refractivity contribution in [3.8, 4) is 0 Å². The number of esters is 2. The molecule has 0 rings (SSSR count). The molecule has 0 saturated heterocycles. The zero-order valence-corrected chi connectivity index (χ0v) is 66.0. The monoisotopic (exact) mass is 1420 g/mol. The first-order valence-electron chi connectivity index (χ1n) is 41.6. The van der Waals surface area contributed by atoms with Gasteiger partial charge in [-0.3, -0.25) is 18.6 Å². The third-order valence-electron chi connectivity index (χ3n) is 17.6. The van der Waals surface area contributed by atoms with Crippen LogP contribution in [-0.4, -0.2) is 49.3 Å². The number of rotatable bonds is 77. The van der Waals surface area contributed by atoms with Crippen molar-refractivity contribution in [3.63, 3.8) is 0 Å². The number of ether oxygens (including phenoxy) is 2. The molecule has 0 aliphatic rings. The highest BCUT2D eigenvalue weighted by Gasteiger charge is 2.26. The SMILES string of the molecule is CC/C=C\C/C=C\C/C=C\C/C=C\C/C=C\C/C=C\C/C=C\C/C=C\C/C=C\C/C=C\C/C=C\C/C=C\CCCCCCC(=O)OC(COC(=O)CCCCCCCCCCCCCCCCCCCCCCCCCCCCC/C=C\C/C=C\CCCCCCC)COP(=O)(O)OCCN. The molecule has 2 unspecified atom stereocenters. The maximum absolute atomic E-state index is 12.8. The highest BCUT2D eigenvalue weighted by Crippen LogP contribution is 2.43. The van der Waals surface area contributed by atoms with Gasteiger partial charge < -0.3 is 20.1 Å². The quantitative estimate of drug-likeness (QED) is 0.0264. The molecular formula is C91H154NO8P. The summed E-state index contributed by atoms with van der Waals surface area (Å²) >= 11 is 0. The fourth-order valence-corrected chi connectivity index (χ4v) is 12.2. The zero-order chi connectivity index (χ0) is 72.9. The largest absolute Gasteiger partial charge is 0.472 e. The van der Waals surface area contributed by atoms with Gasteiger partial charge in [-0.15, -0.1) is 0 Å². The minimum Gasteiger partial charge on any atom is -0.462 e. The van der Waals surface area contributed by atoms with E-state index in [2.05, 4.69) is 184 Å². The topological polar surface area (TPSA) is 134 Å². The van der Waals surface area contributed by atoms with Gasteiger partial charge in [0.1, 0.15) is 6.61 Å². The van der Waals surface area contributed by atoms with Crippen LogP contribution >= 0.6 is 7.82 Å². The van der Waals surface area contributed by atoms with Gasteiger partial charge in [0.2, 0.25) is 0 Å². The van der Waals surface area contributed by atoms with Crippen molar-refractivity contribution in [2.45, 2.75) is 367 Å². The molecule has 0 heterocycles. The molecular weight excluding hydrogens is 1270 g/mol. The van der Waals surface area contributed by atoms with E-state index in [1.54, 1.807) is 0 Å². The summed E-state index contributed by atoms with van der Waals surface area (Å²) < 4.78 is 33.2. The van der Waals surface area contributed by atoms with Crippen LogP contribution in [0.15, 0.2) is 170 Å². The van der Waals surface area contributed by atoms with Gasteiger partial charge in [0.25, 0.3) is 0 Å². The predicted molar refractivity (Wildman–Crippen MR) is 440 cm³/mol. The number of allylic oxidation sites excluding steroid dienone is 28. The molecule has 0 saturated carbocycles. The number of hydrogen-bond acceptors (Lipinski definition) is 8. The number of carbonyl (C=O) groups excluding carboxylic acids is 2. The Bertz CT molecular complexity index is 2280. The first-order valence-corrected chi connectivity index (χ1v) is 43.1. The van der Waals surface area contributed by atoms with Crippen LogP contribution in [0.4, 0.5) is 0 Å². The average molecular weight is 1420 g/mol. The molecule has 0 fully saturated rings. The Hall–Kier alpha value is -4.63. The third kappa shape index (κ3) is 84.2. The van der Waals surface area contributed by atoms with E-state index in [4.69, 9.17) is 24.3 Å². The number of phosphoric acid groups is 1. The van der Waals surface area contributed by atoms with Crippen LogP contribution in [0.5, 0.6) is 0 Å². The molecule has 3 N–H and O–H groups in total. The molecule has 0 aromatic rings. The Morgan fingerprint density at radius 3 is 0.812 bits per heavy atom. The Morgan fingerprint density at radius 2 is 0.545 bits per heavy atom. The van der Waals surface area contributed by atoms with Crippen molar-refractivity contribution < 1.29 is 37.6 Å². The maximum Gasteiger partial charge on any atom is 0.472 e. The summed E-state index contributed by atoms with van der Waals surface area (Å²) in [6.45, 7) is 3.61. The molecule has 0 aliphatic carbocycles. The summed E-state index contributed by atoms with van der Waals surface area (Å²) in [5.74, 6) is -0.855. The van der Waals surface area contributed by atoms with Gasteiger partial charge in [-0.1, -0.05) is 383 Å². The van der Waals surface area contributed by atoms with Gasteiger partial charge in [0.05, 0.1) is 13.2 Å². The lowest BCUT2D eigenvalue weighted by atomic mass is 10.0. The number of nitrogens with two attached hydrogens (primary N) is 1. The maximum atomic E-state index is 12.8. The number of unbranched alkanes of at least 4 members (excludes halogenated alkanes) is 36. The van der Waals surface area contributed by atoms with E-state index in [0.717, 1.165) is 128 Å². The molecule has 101 heavy (non-hydrogen) atoms. The standard InChI is InChI=1S/C91H154NO8P/c1-3-5-7-9-11-13-15-17-19-21-23-25-27-29-31-33-35-37-39-41-43-44-46-48-50-52-54-56-58-60-62-64-66-68-70-72-74-76-78-80-82-84-91(94)100-89(88-99-101(95,96)98-86-85-92)87-97-90(93)83-81-79-77-75-73-71-69-67-65-63-61-59-57-55-53-51-49-47-45-42-40-38-36-34-32-30-28-26-24-22-20-18-16-14-12-10-8-6-4-2/h5,7,11,13,16-19,22-25,29,31,35,37,41,43,46,48,52,54,58,60,64,66,70,72,89H,3-4,6,8-10,12,14-15,20-21,26-28,30,32-34,36,38-40,42,44-45,47,49-51,53,55-57,59,61-63,65,67-69,71,73-88,92H2,1-2H3,(H,95,96)/b7-5-,13-11-,18-16-,19-17-,24-22-,25-23-,31-29-,37-35-,43-41-,48-46-,54-52-,60-58-,66-64-,72-70-. The van der Waals surface area contributed by atoms with Crippen LogP contribution in [-0.2, 0) is 32.7 Å². The second-order valence-electron chi connectivity index (χ2n) is 27.3. The highest BCUT2D eigenvalue weighted by molar-refractivity contribution is 7.47. The zero-order valence-electron chi connectivity index (χ0n) is 65.1. The number of hydrogen-bond donors (Lipinski definition) is 2. The summed E-state index contributed by atoms with van der Waals surface area (Å²) in [6, 6.07) is 0. The van der Waals surface area contributed by atoms with Crippen molar-refractivity contribution in [3.05, 3.63) is 170 Å². The van der Waals surface area contributed by atoms with Crippen LogP contribution in [0.3, 0.4) is 0 Å². The van der Waals surface area contributed by atoms with Gasteiger partial charge in [0.15, 0.2) is 6.10 Å². The van der Waals surface area contributed by atoms with Crippen LogP contribution in [0, 0.1) is 0 Å². The lowest BCUT2D eigenvalue weighted by molar-refractivity contribution is -0.161. The van der Waals surface area contributed by atoms with E-state index in [1.807, 2.05) is 0 Å². The first-order chi connectivity index (χ1) is 49.8. The normalized spacial score (nSPS) is 13.7. The number of carbonyl (C=O) groups is 2. The Labute approximate surface area is 622 Å². The van der Waals surface area contributed by atoms with Gasteiger partial charge in [0, 0.05) is 19.4 Å². The van der Waals surface area contributed by atoms with E-state index in [-0.39, 0.29) is 38.6 Å². The van der Waals surface area contributed by atoms with Gasteiger partial charge >= 0.3 is 19.8 Å². The van der Waals surface area contributed by atoms with Crippen molar-refractivity contribution >= 4 is 19.8 Å². The third-order valence-corrected chi connectivity index (χ3v) is 18.6. The average Bonchev–Trinajstić information content (AvgIpc) is 1.04. The summed E-state index contributed by atoms with van der Waals surface area (Å²) in [5, 5.41) is 0. The minimum absolute atomic E-state index is 0.0423. The van der Waals surface area contributed by atoms with Gasteiger partial charge in [-0.05, 0) is 135 Å². The van der Waals surface area contributed by atoms with E-state index < -0.39 is 26.5 Å². The molecule has 0 spiro atoms. The Kier molecular flexibility index (Phi) is 80.4. The molecule has 0 radical (unpaired) electrons. The second kappa shape index (κ2) is 84.3. The van der Waals surface area contributed by atoms with Crippen molar-refractivity contribution in [2.75, 3.05) is 26.4 Å². The summed E-state index contributed by atoms with van der Waals surface area (Å²) in [6.07, 6.45) is 125. The second-order valence-corrected chi connectivity index (χ2v) is 28.7. The molecule has 576 valence electrons. The first kappa shape index (κ1) is 96.4. The highest BCUT2D eigenvalue weighted by atomic mass is 31.2. The Morgan fingerprint density at radius 1 is 0.307 bits per heavy atom. The van der Waals surface area contributed by atoms with Crippen LogP contribution in [0.2, 0.25) is 0 Å². The van der Waals surface area contributed by atoms with Crippen LogP contribution < -0.4 is 5.73 Å². The van der Waals surface area contributed by atoms with Crippen LogP contribution in [0.1, 0.15) is 361 Å². The van der Waals surface area contributed by atoms with Gasteiger partial charge in [-0.2, -0.15) is 0 Å². The molecule has 0 bridgehead atoms. The number of phosphoric ester groups is 1. The smallest absolute Gasteiger partial charge is 0.462 e. The van der Waals surface area contributed by atoms with Gasteiger partial charge in [-0.25, -0.2) is 4.57 Å².